The number of H-pyrrole nitrogens is 2. The van der Waals surface area contributed by atoms with Crippen LogP contribution in [-0.2, 0) is 0 Å². The number of rotatable bonds is 2. The van der Waals surface area contributed by atoms with Crippen LogP contribution in [-0.4, -0.2) is 20.2 Å². The first-order valence-corrected chi connectivity index (χ1v) is 12.1. The Morgan fingerprint density at radius 3 is 2.66 bits per heavy atom. The van der Waals surface area contributed by atoms with E-state index in [1.165, 1.54) is 24.5 Å². The van der Waals surface area contributed by atoms with Crippen LogP contribution in [0.3, 0.4) is 0 Å². The third-order valence-electron chi connectivity index (χ3n) is 8.28. The molecular formula is C28H26FN5O. The highest BCUT2D eigenvalue weighted by Gasteiger charge is 2.56. The number of aromatic amines is 2. The third-order valence-corrected chi connectivity index (χ3v) is 8.28. The zero-order valence-corrected chi connectivity index (χ0v) is 19.7. The van der Waals surface area contributed by atoms with Gasteiger partial charge in [0, 0.05) is 27.9 Å². The van der Waals surface area contributed by atoms with Gasteiger partial charge in [-0.3, -0.25) is 14.9 Å². The number of aromatic nitrogens is 4. The molecule has 35 heavy (non-hydrogen) atoms. The number of nitrogens with one attached hydrogen (secondary N) is 2. The number of benzene rings is 2. The first-order chi connectivity index (χ1) is 16.8. The second-order valence-electron chi connectivity index (χ2n) is 11.4. The van der Waals surface area contributed by atoms with Gasteiger partial charge in [0.1, 0.15) is 17.0 Å². The maximum Gasteiger partial charge on any atom is 0.272 e. The molecule has 0 atom stereocenters. The predicted molar refractivity (Wildman–Crippen MR) is 137 cm³/mol. The zero-order chi connectivity index (χ0) is 24.1. The molecule has 6 nitrogen and oxygen atoms in total. The number of fused-ring (bicyclic) bond motifs is 4. The maximum atomic E-state index is 14.4. The van der Waals surface area contributed by atoms with Gasteiger partial charge in [-0.05, 0) is 77.8 Å². The minimum Gasteiger partial charge on any atom is -0.394 e. The molecule has 5 aromatic rings. The molecule has 0 bridgehead atoms. The van der Waals surface area contributed by atoms with Crippen LogP contribution in [0, 0.1) is 16.6 Å². The molecule has 2 fully saturated rings. The lowest BCUT2D eigenvalue weighted by molar-refractivity contribution is -0.0883. The minimum atomic E-state index is -0.396. The van der Waals surface area contributed by atoms with E-state index in [-0.39, 0.29) is 11.2 Å². The number of hydrogen-bond acceptors (Lipinski definition) is 4. The third kappa shape index (κ3) is 2.84. The summed E-state index contributed by atoms with van der Waals surface area (Å²) in [5.74, 6) is 0.0172. The van der Waals surface area contributed by atoms with Crippen molar-refractivity contribution in [3.63, 3.8) is 0 Å². The summed E-state index contributed by atoms with van der Waals surface area (Å²) in [6.45, 7) is 4.70. The molecule has 2 aromatic carbocycles. The fourth-order valence-electron chi connectivity index (χ4n) is 7.34. The van der Waals surface area contributed by atoms with E-state index in [9.17, 15) is 9.18 Å². The van der Waals surface area contributed by atoms with E-state index in [1.54, 1.807) is 12.3 Å². The van der Waals surface area contributed by atoms with Gasteiger partial charge < -0.3 is 10.7 Å². The Morgan fingerprint density at radius 2 is 1.89 bits per heavy atom. The molecule has 0 radical (unpaired) electrons. The van der Waals surface area contributed by atoms with Gasteiger partial charge in [0.05, 0.1) is 17.2 Å². The van der Waals surface area contributed by atoms with Crippen molar-refractivity contribution in [2.75, 3.05) is 5.73 Å². The Bertz CT molecular complexity index is 1730. The Labute approximate surface area is 200 Å². The zero-order valence-electron chi connectivity index (χ0n) is 19.7. The average Bonchev–Trinajstić information content (AvgIpc) is 3.28. The summed E-state index contributed by atoms with van der Waals surface area (Å²) < 4.78 is 14.4. The molecule has 1 spiro atoms. The molecule has 2 saturated carbocycles. The van der Waals surface area contributed by atoms with Crippen LogP contribution < -0.4 is 11.3 Å². The van der Waals surface area contributed by atoms with Crippen molar-refractivity contribution >= 4 is 38.4 Å². The van der Waals surface area contributed by atoms with Crippen molar-refractivity contribution in [3.05, 3.63) is 64.5 Å². The Kier molecular flexibility index (Phi) is 3.94. The van der Waals surface area contributed by atoms with Gasteiger partial charge in [-0.15, -0.1) is 0 Å². The first-order valence-electron chi connectivity index (χ1n) is 12.1. The topological polar surface area (TPSA) is 100 Å². The van der Waals surface area contributed by atoms with Crippen molar-refractivity contribution in [2.45, 2.75) is 45.4 Å². The number of hydrogen-bond donors (Lipinski definition) is 3. The number of nitrogens with zero attached hydrogens (tertiary/aromatic N) is 2. The van der Waals surface area contributed by atoms with Crippen molar-refractivity contribution in [2.24, 2.45) is 10.8 Å². The summed E-state index contributed by atoms with van der Waals surface area (Å²) in [6, 6.07) is 9.12. The van der Waals surface area contributed by atoms with E-state index in [0.717, 1.165) is 29.1 Å². The van der Waals surface area contributed by atoms with Crippen LogP contribution in [0.2, 0.25) is 0 Å². The molecule has 7 rings (SSSR count). The van der Waals surface area contributed by atoms with Gasteiger partial charge in [0.25, 0.3) is 5.56 Å². The minimum absolute atomic E-state index is 0.117. The van der Waals surface area contributed by atoms with Crippen molar-refractivity contribution < 1.29 is 4.39 Å². The Hall–Kier alpha value is -3.74. The number of nitrogen functional groups attached to an aromatic ring is 1. The van der Waals surface area contributed by atoms with Gasteiger partial charge >= 0.3 is 0 Å². The molecule has 2 aliphatic carbocycles. The lowest BCUT2D eigenvalue weighted by atomic mass is 9.43. The smallest absolute Gasteiger partial charge is 0.272 e. The Balaban J connectivity index is 1.50. The molecule has 0 aliphatic heterocycles. The van der Waals surface area contributed by atoms with Crippen LogP contribution in [0.1, 0.15) is 51.0 Å². The molecule has 7 heteroatoms. The highest BCUT2D eigenvalue weighted by atomic mass is 19.1. The first kappa shape index (κ1) is 20.6. The highest BCUT2D eigenvalue weighted by molar-refractivity contribution is 6.15. The van der Waals surface area contributed by atoms with E-state index in [1.807, 2.05) is 18.3 Å². The molecule has 4 N–H and O–H groups in total. The van der Waals surface area contributed by atoms with E-state index < -0.39 is 5.82 Å². The predicted octanol–water partition coefficient (Wildman–Crippen LogP) is 6.02. The normalized spacial score (nSPS) is 18.8. The average molecular weight is 468 g/mol. The molecule has 0 saturated heterocycles. The highest BCUT2D eigenvalue weighted by Crippen LogP contribution is 2.68. The molecule has 0 amide bonds. The van der Waals surface area contributed by atoms with E-state index in [2.05, 4.69) is 35.1 Å². The fraction of sp³-hybridized carbons (Fsp3) is 0.321. The summed E-state index contributed by atoms with van der Waals surface area (Å²) in [6.07, 6.45) is 8.25. The quantitative estimate of drug-likeness (QED) is 0.276. The van der Waals surface area contributed by atoms with Crippen LogP contribution in [0.4, 0.5) is 10.1 Å². The van der Waals surface area contributed by atoms with E-state index >= 15 is 0 Å². The van der Waals surface area contributed by atoms with Gasteiger partial charge in [-0.25, -0.2) is 4.39 Å². The maximum absolute atomic E-state index is 14.4. The Morgan fingerprint density at radius 1 is 1.09 bits per heavy atom. The molecule has 176 valence electrons. The fourth-order valence-corrected chi connectivity index (χ4v) is 7.34. The van der Waals surface area contributed by atoms with Gasteiger partial charge in [0.2, 0.25) is 0 Å². The SMILES string of the molecule is CC1(C)CC2(CC(c3cc4c(-c5ccc(F)c6[nH]ncc56)c(N)c(=O)[nH]c4c4cccnc34)C2)C1. The standard InChI is InChI=1S/C28H26FN5O/c1-27(2)12-28(13-27)9-14(10-28)17-8-18-21(15-5-6-20(29)25-19(15)11-32-34-25)22(30)26(35)33-24(18)16-4-3-7-31-23(16)17/h3-8,11,14H,9-10,12-13,30H2,1-2H3,(H,32,34)(H,33,35). The van der Waals surface area contributed by atoms with Gasteiger partial charge in [0.15, 0.2) is 0 Å². The second kappa shape index (κ2) is 6.68. The van der Waals surface area contributed by atoms with Crippen LogP contribution in [0.15, 0.2) is 47.5 Å². The summed E-state index contributed by atoms with van der Waals surface area (Å²) in [5, 5.41) is 9.11. The number of halogens is 1. The molecular weight excluding hydrogens is 441 g/mol. The summed E-state index contributed by atoms with van der Waals surface area (Å²) in [5.41, 5.74) is 11.5. The molecule has 3 aromatic heterocycles. The van der Waals surface area contributed by atoms with E-state index in [0.29, 0.717) is 44.3 Å². The van der Waals surface area contributed by atoms with Crippen LogP contribution in [0.5, 0.6) is 0 Å². The molecule has 2 aliphatic rings. The van der Waals surface area contributed by atoms with Gasteiger partial charge in [-0.1, -0.05) is 19.9 Å². The number of nitrogens with two attached hydrogens (primary N) is 1. The largest absolute Gasteiger partial charge is 0.394 e. The van der Waals surface area contributed by atoms with Crippen molar-refractivity contribution in [3.8, 4) is 11.1 Å². The van der Waals surface area contributed by atoms with Crippen LogP contribution in [0.25, 0.3) is 43.8 Å². The van der Waals surface area contributed by atoms with Gasteiger partial charge in [-0.2, -0.15) is 5.10 Å². The van der Waals surface area contributed by atoms with Crippen LogP contribution >= 0.6 is 0 Å². The monoisotopic (exact) mass is 467 g/mol. The summed E-state index contributed by atoms with van der Waals surface area (Å²) >= 11 is 0. The number of pyridine rings is 2. The lowest BCUT2D eigenvalue weighted by Gasteiger charge is -2.62. The van der Waals surface area contributed by atoms with Crippen molar-refractivity contribution in [1.82, 2.24) is 20.2 Å². The lowest BCUT2D eigenvalue weighted by Crippen LogP contribution is -2.50. The second-order valence-corrected chi connectivity index (χ2v) is 11.4. The molecule has 3 heterocycles. The molecule has 0 unspecified atom stereocenters. The summed E-state index contributed by atoms with van der Waals surface area (Å²) in [7, 11) is 0. The van der Waals surface area contributed by atoms with Crippen molar-refractivity contribution in [1.29, 1.82) is 0 Å². The summed E-state index contributed by atoms with van der Waals surface area (Å²) in [4.78, 5) is 20.7. The number of anilines is 1. The van der Waals surface area contributed by atoms with E-state index in [4.69, 9.17) is 10.7 Å².